The van der Waals surface area contributed by atoms with E-state index in [9.17, 15) is 28.6 Å². The summed E-state index contributed by atoms with van der Waals surface area (Å²) in [6.45, 7) is 0.0120. The van der Waals surface area contributed by atoms with Gasteiger partial charge in [0, 0.05) is 25.4 Å². The first-order chi connectivity index (χ1) is 14.5. The van der Waals surface area contributed by atoms with Crippen LogP contribution < -0.4 is 16.1 Å². The predicted molar refractivity (Wildman–Crippen MR) is 107 cm³/mol. The number of halogens is 5. The second-order valence-corrected chi connectivity index (χ2v) is 7.54. The van der Waals surface area contributed by atoms with Crippen molar-refractivity contribution >= 4 is 51.6 Å². The number of carboxylic acids is 1. The molecule has 1 saturated heterocycles. The van der Waals surface area contributed by atoms with Crippen molar-refractivity contribution in [1.29, 1.82) is 0 Å². The van der Waals surface area contributed by atoms with Crippen LogP contribution in [-0.2, 0) is 0 Å². The number of nitrogen functional groups attached to an aromatic ring is 1. The molecule has 3 heterocycles. The quantitative estimate of drug-likeness (QED) is 0.498. The monoisotopic (exact) mass is 474 g/mol. The number of carbonyl (C=O) groups is 1. The van der Waals surface area contributed by atoms with Gasteiger partial charge in [0.2, 0.25) is 5.43 Å². The number of hydrogen-bond donors (Lipinski definition) is 3. The van der Waals surface area contributed by atoms with Crippen molar-refractivity contribution in [2.24, 2.45) is 0 Å². The molecule has 4 rings (SSSR count). The van der Waals surface area contributed by atoms with E-state index >= 15 is 4.39 Å². The number of benzene rings is 1. The van der Waals surface area contributed by atoms with Crippen molar-refractivity contribution in [1.82, 2.24) is 9.55 Å². The summed E-state index contributed by atoms with van der Waals surface area (Å²) < 4.78 is 44.0. The molecule has 1 aliphatic rings. The number of aromatic nitrogens is 2. The number of nitrogens with zero attached hydrogens (tertiary/aromatic N) is 3. The van der Waals surface area contributed by atoms with Crippen LogP contribution >= 0.6 is 23.2 Å². The van der Waals surface area contributed by atoms with Crippen molar-refractivity contribution in [2.45, 2.75) is 6.10 Å². The van der Waals surface area contributed by atoms with E-state index in [-0.39, 0.29) is 24.3 Å². The van der Waals surface area contributed by atoms with Gasteiger partial charge in [-0.05, 0) is 0 Å². The highest BCUT2D eigenvalue weighted by molar-refractivity contribution is 6.42. The first-order valence-corrected chi connectivity index (χ1v) is 9.32. The van der Waals surface area contributed by atoms with E-state index < -0.39 is 67.6 Å². The van der Waals surface area contributed by atoms with E-state index in [0.29, 0.717) is 12.3 Å². The third-order valence-corrected chi connectivity index (χ3v) is 5.53. The molecule has 3 aromatic rings. The van der Waals surface area contributed by atoms with E-state index in [1.165, 1.54) is 4.90 Å². The van der Waals surface area contributed by atoms with Crippen LogP contribution in [0.2, 0.25) is 10.0 Å². The predicted octanol–water partition coefficient (Wildman–Crippen LogP) is 2.57. The molecule has 2 aromatic heterocycles. The number of aromatic carboxylic acids is 1. The number of nitrogens with two attached hydrogens (primary N) is 1. The number of aliphatic hydroxyl groups excluding tert-OH is 1. The number of aliphatic hydroxyl groups is 1. The normalized spacial score (nSPS) is 14.2. The Balaban J connectivity index is 2.20. The molecule has 0 aliphatic carbocycles. The maximum Gasteiger partial charge on any atom is 0.341 e. The zero-order chi connectivity index (χ0) is 22.8. The fraction of sp³-hybridized carbons (Fsp3) is 0.167. The molecule has 0 saturated carbocycles. The molecule has 0 amide bonds. The standard InChI is InChI=1S/C18H11Cl2F3N4O4/c19-10-9-13(11(20)14(12(10)23)26-2-5(28)3-26)27(4-6(15(9)29)18(30)31)17-8(22)1-7(21)16(24)25-17/h1,4-5,28H,2-3H2,(H2,24,25)(H,30,31). The number of β-amino-alcohol motifs (C(OH)–C–C–N with tert-alkyl or cyclic N) is 1. The van der Waals surface area contributed by atoms with Crippen molar-refractivity contribution < 1.29 is 28.2 Å². The van der Waals surface area contributed by atoms with E-state index in [1.807, 2.05) is 0 Å². The molecule has 0 unspecified atom stereocenters. The Hall–Kier alpha value is -3.02. The van der Waals surface area contributed by atoms with E-state index in [1.54, 1.807) is 0 Å². The van der Waals surface area contributed by atoms with E-state index in [2.05, 4.69) is 4.98 Å². The summed E-state index contributed by atoms with van der Waals surface area (Å²) in [6, 6.07) is 0.410. The molecule has 1 aliphatic heterocycles. The van der Waals surface area contributed by atoms with Gasteiger partial charge in [0.1, 0.15) is 5.56 Å². The van der Waals surface area contributed by atoms with Crippen LogP contribution in [0.5, 0.6) is 0 Å². The molecule has 0 radical (unpaired) electrons. The topological polar surface area (TPSA) is 122 Å². The zero-order valence-corrected chi connectivity index (χ0v) is 16.7. The van der Waals surface area contributed by atoms with Crippen molar-refractivity contribution in [2.75, 3.05) is 23.7 Å². The second kappa shape index (κ2) is 7.29. The van der Waals surface area contributed by atoms with Crippen LogP contribution in [0, 0.1) is 17.5 Å². The lowest BCUT2D eigenvalue weighted by Crippen LogP contribution is -2.51. The molecular formula is C18H11Cl2F3N4O4. The van der Waals surface area contributed by atoms with Gasteiger partial charge < -0.3 is 20.8 Å². The van der Waals surface area contributed by atoms with Gasteiger partial charge in [0.15, 0.2) is 29.1 Å². The molecule has 1 fully saturated rings. The average Bonchev–Trinajstić information content (AvgIpc) is 2.67. The minimum atomic E-state index is -1.71. The van der Waals surface area contributed by atoms with E-state index in [0.717, 1.165) is 4.57 Å². The molecule has 0 atom stereocenters. The summed E-state index contributed by atoms with van der Waals surface area (Å²) >= 11 is 12.4. The molecule has 13 heteroatoms. The summed E-state index contributed by atoms with van der Waals surface area (Å²) in [6.07, 6.45) is -0.0394. The van der Waals surface area contributed by atoms with Gasteiger partial charge in [-0.3, -0.25) is 9.36 Å². The Morgan fingerprint density at radius 2 is 1.84 bits per heavy atom. The van der Waals surface area contributed by atoms with Gasteiger partial charge >= 0.3 is 5.97 Å². The molecule has 31 heavy (non-hydrogen) atoms. The zero-order valence-electron chi connectivity index (χ0n) is 15.2. The fourth-order valence-corrected chi connectivity index (χ4v) is 3.98. The minimum Gasteiger partial charge on any atom is -0.477 e. The van der Waals surface area contributed by atoms with Crippen LogP contribution in [-0.4, -0.2) is 44.9 Å². The number of carboxylic acid groups (broad SMARTS) is 1. The number of fused-ring (bicyclic) bond motifs is 1. The minimum absolute atomic E-state index is 0.00598. The first kappa shape index (κ1) is 21.2. The maximum absolute atomic E-state index is 15.0. The summed E-state index contributed by atoms with van der Waals surface area (Å²) in [4.78, 5) is 29.2. The Labute approximate surface area is 180 Å². The number of hydrogen-bond acceptors (Lipinski definition) is 6. The summed E-state index contributed by atoms with van der Waals surface area (Å²) in [5.41, 5.74) is 2.71. The third-order valence-electron chi connectivity index (χ3n) is 4.82. The van der Waals surface area contributed by atoms with Crippen LogP contribution in [0.3, 0.4) is 0 Å². The lowest BCUT2D eigenvalue weighted by molar-refractivity contribution is 0.0695. The van der Waals surface area contributed by atoms with Gasteiger partial charge in [0.25, 0.3) is 0 Å². The van der Waals surface area contributed by atoms with Crippen LogP contribution in [0.4, 0.5) is 24.7 Å². The number of rotatable bonds is 3. The van der Waals surface area contributed by atoms with Gasteiger partial charge in [-0.25, -0.2) is 22.9 Å². The van der Waals surface area contributed by atoms with Crippen molar-refractivity contribution in [3.05, 3.63) is 55.5 Å². The van der Waals surface area contributed by atoms with Crippen molar-refractivity contribution in [3.8, 4) is 5.82 Å². The second-order valence-electron chi connectivity index (χ2n) is 6.78. The largest absolute Gasteiger partial charge is 0.477 e. The fourth-order valence-electron chi connectivity index (χ4n) is 3.33. The lowest BCUT2D eigenvalue weighted by atomic mass is 10.1. The van der Waals surface area contributed by atoms with Crippen LogP contribution in [0.25, 0.3) is 16.7 Å². The highest BCUT2D eigenvalue weighted by atomic mass is 35.5. The Bertz CT molecular complexity index is 1340. The molecule has 8 nitrogen and oxygen atoms in total. The van der Waals surface area contributed by atoms with Gasteiger partial charge in [-0.15, -0.1) is 0 Å². The molecular weight excluding hydrogens is 464 g/mol. The lowest BCUT2D eigenvalue weighted by Gasteiger charge is -2.38. The third kappa shape index (κ3) is 3.16. The highest BCUT2D eigenvalue weighted by Gasteiger charge is 2.33. The molecule has 0 bridgehead atoms. The highest BCUT2D eigenvalue weighted by Crippen LogP contribution is 2.42. The van der Waals surface area contributed by atoms with E-state index in [4.69, 9.17) is 28.9 Å². The molecule has 162 valence electrons. The Morgan fingerprint density at radius 3 is 2.42 bits per heavy atom. The Kier molecular flexibility index (Phi) is 4.99. The van der Waals surface area contributed by atoms with Crippen LogP contribution in [0.1, 0.15) is 10.4 Å². The van der Waals surface area contributed by atoms with Crippen molar-refractivity contribution in [3.63, 3.8) is 0 Å². The number of pyridine rings is 2. The molecule has 1 aromatic carbocycles. The van der Waals surface area contributed by atoms with Gasteiger partial charge in [-0.2, -0.15) is 0 Å². The van der Waals surface area contributed by atoms with Crippen LogP contribution in [0.15, 0.2) is 17.1 Å². The smallest absolute Gasteiger partial charge is 0.341 e. The summed E-state index contributed by atoms with van der Waals surface area (Å²) in [5.74, 6) is -6.66. The molecule has 0 spiro atoms. The molecule has 4 N–H and O–H groups in total. The first-order valence-electron chi connectivity index (χ1n) is 8.56. The van der Waals surface area contributed by atoms with Gasteiger partial charge in [0.05, 0.1) is 32.7 Å². The number of anilines is 2. The summed E-state index contributed by atoms with van der Waals surface area (Å²) in [5, 5.41) is 17.1. The van der Waals surface area contributed by atoms with Gasteiger partial charge in [-0.1, -0.05) is 23.2 Å². The maximum atomic E-state index is 15.0. The average molecular weight is 475 g/mol. The summed E-state index contributed by atoms with van der Waals surface area (Å²) in [7, 11) is 0. The SMILES string of the molecule is Nc1nc(-n2cc(C(=O)O)c(=O)c3c(Cl)c(F)c(N4CC(O)C4)c(Cl)c32)c(F)cc1F. The Morgan fingerprint density at radius 1 is 1.19 bits per heavy atom.